The number of nitrogens with zero attached hydrogens (tertiary/aromatic N) is 1. The fourth-order valence-electron chi connectivity index (χ4n) is 2.28. The van der Waals surface area contributed by atoms with Crippen LogP contribution in [-0.2, 0) is 0 Å². The van der Waals surface area contributed by atoms with Crippen LogP contribution in [0.1, 0.15) is 29.0 Å². The predicted octanol–water partition coefficient (Wildman–Crippen LogP) is 2.04. The summed E-state index contributed by atoms with van der Waals surface area (Å²) >= 11 is 0. The Morgan fingerprint density at radius 2 is 2.14 bits per heavy atom. The lowest BCUT2D eigenvalue weighted by Crippen LogP contribution is -2.38. The fourth-order valence-corrected chi connectivity index (χ4v) is 2.28. The Bertz CT molecular complexity index is 688. The molecule has 6 nitrogen and oxygen atoms in total. The molecule has 0 aliphatic carbocycles. The summed E-state index contributed by atoms with van der Waals surface area (Å²) in [5.41, 5.74) is 1.01. The Kier molecular flexibility index (Phi) is 3.35. The van der Waals surface area contributed by atoms with E-state index in [0.29, 0.717) is 29.3 Å². The number of hydrogen-bond donors (Lipinski definition) is 3. The number of carbonyl (C=O) groups excluding carboxylic acids is 1. The minimum atomic E-state index is -0.555. The zero-order valence-corrected chi connectivity index (χ0v) is 11.5. The van der Waals surface area contributed by atoms with Crippen LogP contribution in [0.5, 0.6) is 11.5 Å². The molecule has 108 valence electrons. The van der Waals surface area contributed by atoms with E-state index in [0.717, 1.165) is 0 Å². The Hall–Kier alpha value is -2.76. The molecular formula is C15H15N3O3. The molecule has 2 heterocycles. The highest BCUT2D eigenvalue weighted by atomic mass is 16.5. The summed E-state index contributed by atoms with van der Waals surface area (Å²) in [6.07, 6.45) is 1.05. The van der Waals surface area contributed by atoms with Crippen molar-refractivity contribution < 1.29 is 14.6 Å². The molecular weight excluding hydrogens is 270 g/mol. The topological polar surface area (TPSA) is 83.5 Å². The number of hydrogen-bond acceptors (Lipinski definition) is 5. The van der Waals surface area contributed by atoms with E-state index < -0.39 is 6.17 Å². The van der Waals surface area contributed by atoms with Crippen LogP contribution in [0.4, 0.5) is 5.82 Å². The molecule has 1 aromatic carbocycles. The third-order valence-corrected chi connectivity index (χ3v) is 3.25. The Labute approximate surface area is 121 Å². The number of amides is 1. The lowest BCUT2D eigenvalue weighted by Gasteiger charge is -2.27. The van der Waals surface area contributed by atoms with Crippen molar-refractivity contribution in [3.63, 3.8) is 0 Å². The number of ether oxygens (including phenoxy) is 1. The van der Waals surface area contributed by atoms with E-state index >= 15 is 0 Å². The third kappa shape index (κ3) is 2.35. The van der Waals surface area contributed by atoms with Gasteiger partial charge in [-0.15, -0.1) is 0 Å². The van der Waals surface area contributed by atoms with Gasteiger partial charge in [-0.05, 0) is 25.1 Å². The molecule has 2 aromatic rings. The molecule has 0 radical (unpaired) electrons. The normalized spacial score (nSPS) is 16.6. The van der Waals surface area contributed by atoms with Gasteiger partial charge in [0.15, 0.2) is 11.5 Å². The first-order valence-electron chi connectivity index (χ1n) is 6.67. The van der Waals surface area contributed by atoms with Crippen LogP contribution in [0.25, 0.3) is 0 Å². The molecule has 1 amide bonds. The van der Waals surface area contributed by atoms with Crippen molar-refractivity contribution in [1.29, 1.82) is 0 Å². The maximum absolute atomic E-state index is 12.1. The molecule has 0 saturated carbocycles. The Morgan fingerprint density at radius 3 is 2.95 bits per heavy atom. The van der Waals surface area contributed by atoms with Crippen LogP contribution in [0.3, 0.4) is 0 Å². The van der Waals surface area contributed by atoms with Gasteiger partial charge in [-0.2, -0.15) is 0 Å². The predicted molar refractivity (Wildman–Crippen MR) is 77.3 cm³/mol. The third-order valence-electron chi connectivity index (χ3n) is 3.25. The van der Waals surface area contributed by atoms with Crippen LogP contribution in [0.15, 0.2) is 36.5 Å². The van der Waals surface area contributed by atoms with Crippen LogP contribution < -0.4 is 15.4 Å². The van der Waals surface area contributed by atoms with Gasteiger partial charge < -0.3 is 20.5 Å². The zero-order valence-electron chi connectivity index (χ0n) is 11.5. The van der Waals surface area contributed by atoms with Crippen molar-refractivity contribution in [2.75, 3.05) is 11.9 Å². The number of benzene rings is 1. The van der Waals surface area contributed by atoms with Gasteiger partial charge in [-0.1, -0.05) is 12.1 Å². The van der Waals surface area contributed by atoms with Crippen molar-refractivity contribution in [3.8, 4) is 11.5 Å². The van der Waals surface area contributed by atoms with E-state index in [4.69, 9.17) is 4.74 Å². The van der Waals surface area contributed by atoms with Crippen molar-refractivity contribution in [2.45, 2.75) is 13.1 Å². The number of rotatable bonds is 3. The first kappa shape index (κ1) is 13.2. The van der Waals surface area contributed by atoms with Crippen molar-refractivity contribution in [3.05, 3.63) is 47.7 Å². The number of pyridine rings is 1. The number of phenols is 1. The van der Waals surface area contributed by atoms with Gasteiger partial charge in [0.05, 0.1) is 12.2 Å². The van der Waals surface area contributed by atoms with Gasteiger partial charge >= 0.3 is 0 Å². The number of aromatic hydroxyl groups is 1. The lowest BCUT2D eigenvalue weighted by molar-refractivity contribution is 0.0934. The molecule has 3 rings (SSSR count). The summed E-state index contributed by atoms with van der Waals surface area (Å²) in [6.45, 7) is 2.29. The number of phenolic OH excluding ortho intramolecular Hbond substituents is 1. The highest BCUT2D eigenvalue weighted by Crippen LogP contribution is 2.35. The summed E-state index contributed by atoms with van der Waals surface area (Å²) < 4.78 is 5.36. The van der Waals surface area contributed by atoms with Gasteiger partial charge in [0.1, 0.15) is 12.0 Å². The molecule has 1 aromatic heterocycles. The molecule has 0 fully saturated rings. The van der Waals surface area contributed by atoms with Gasteiger partial charge in [-0.25, -0.2) is 4.98 Å². The molecule has 1 aliphatic heterocycles. The van der Waals surface area contributed by atoms with Crippen molar-refractivity contribution >= 4 is 11.7 Å². The second kappa shape index (κ2) is 5.32. The van der Waals surface area contributed by atoms with Crippen molar-refractivity contribution in [1.82, 2.24) is 10.3 Å². The summed E-state index contributed by atoms with van der Waals surface area (Å²) in [6, 6.07) is 8.57. The molecule has 3 N–H and O–H groups in total. The van der Waals surface area contributed by atoms with E-state index in [9.17, 15) is 9.90 Å². The van der Waals surface area contributed by atoms with Crippen molar-refractivity contribution in [2.24, 2.45) is 0 Å². The highest BCUT2D eigenvalue weighted by Gasteiger charge is 2.27. The molecule has 0 saturated heterocycles. The zero-order chi connectivity index (χ0) is 14.8. The minimum Gasteiger partial charge on any atom is -0.504 e. The maximum Gasteiger partial charge on any atom is 0.256 e. The summed E-state index contributed by atoms with van der Waals surface area (Å²) in [4.78, 5) is 16.2. The number of carbonyl (C=O) groups is 1. The van der Waals surface area contributed by atoms with Crippen LogP contribution in [-0.4, -0.2) is 22.6 Å². The Balaban J connectivity index is 1.96. The second-order valence-corrected chi connectivity index (χ2v) is 4.58. The number of para-hydroxylation sites is 1. The van der Waals surface area contributed by atoms with Gasteiger partial charge in [0.2, 0.25) is 0 Å². The largest absolute Gasteiger partial charge is 0.504 e. The van der Waals surface area contributed by atoms with Crippen LogP contribution >= 0.6 is 0 Å². The molecule has 0 unspecified atom stereocenters. The van der Waals surface area contributed by atoms with Gasteiger partial charge in [-0.3, -0.25) is 4.79 Å². The maximum atomic E-state index is 12.1. The molecule has 1 aliphatic rings. The molecule has 0 bridgehead atoms. The van der Waals surface area contributed by atoms with E-state index in [1.54, 1.807) is 36.5 Å². The van der Waals surface area contributed by atoms with E-state index in [2.05, 4.69) is 15.6 Å². The first-order valence-corrected chi connectivity index (χ1v) is 6.67. The van der Waals surface area contributed by atoms with Gasteiger partial charge in [0.25, 0.3) is 5.91 Å². The van der Waals surface area contributed by atoms with Crippen LogP contribution in [0.2, 0.25) is 0 Å². The first-order chi connectivity index (χ1) is 10.2. The molecule has 1 atom stereocenters. The average Bonchev–Trinajstić information content (AvgIpc) is 2.49. The summed E-state index contributed by atoms with van der Waals surface area (Å²) in [5, 5.41) is 16.2. The Morgan fingerprint density at radius 1 is 1.29 bits per heavy atom. The van der Waals surface area contributed by atoms with Crippen LogP contribution in [0, 0.1) is 0 Å². The van der Waals surface area contributed by atoms with Gasteiger partial charge in [0, 0.05) is 11.8 Å². The molecule has 6 heteroatoms. The fraction of sp³-hybridized carbons (Fsp3) is 0.200. The summed E-state index contributed by atoms with van der Waals surface area (Å²) in [7, 11) is 0. The number of aromatic nitrogens is 1. The molecule has 21 heavy (non-hydrogen) atoms. The lowest BCUT2D eigenvalue weighted by atomic mass is 10.1. The summed E-state index contributed by atoms with van der Waals surface area (Å²) in [5.74, 6) is 0.657. The SMILES string of the molecule is CCOc1cccc([C@@H]2NC(=O)c3cccnc3N2)c1O. The number of fused-ring (bicyclic) bond motifs is 1. The number of anilines is 1. The number of nitrogens with one attached hydrogen (secondary N) is 2. The monoisotopic (exact) mass is 285 g/mol. The standard InChI is InChI=1S/C15H15N3O3/c1-2-21-11-7-3-5-9(12(11)19)14-17-13-10(15(20)18-14)6-4-8-16-13/h3-8,14,19H,2H2,1H3,(H,16,17)(H,18,20)/t14-/m0/s1. The second-order valence-electron chi connectivity index (χ2n) is 4.58. The minimum absolute atomic E-state index is 0.0107. The quantitative estimate of drug-likeness (QED) is 0.803. The highest BCUT2D eigenvalue weighted by molar-refractivity contribution is 6.00. The van der Waals surface area contributed by atoms with E-state index in [1.807, 2.05) is 6.92 Å². The molecule has 0 spiro atoms. The van der Waals surface area contributed by atoms with E-state index in [-0.39, 0.29) is 11.7 Å². The van der Waals surface area contributed by atoms with E-state index in [1.165, 1.54) is 0 Å². The smallest absolute Gasteiger partial charge is 0.256 e. The average molecular weight is 285 g/mol.